The van der Waals surface area contributed by atoms with E-state index in [9.17, 15) is 9.59 Å². The van der Waals surface area contributed by atoms with E-state index in [0.29, 0.717) is 33.8 Å². The number of rotatable bonds is 6. The van der Waals surface area contributed by atoms with Crippen molar-refractivity contribution in [3.63, 3.8) is 0 Å². The Hall–Kier alpha value is -4.31. The second-order valence-corrected chi connectivity index (χ2v) is 11.0. The molecule has 212 valence electrons. The number of fused-ring (bicyclic) bond motifs is 1. The molecule has 1 aliphatic heterocycles. The molecule has 6 rings (SSSR count). The number of nitrogens with two attached hydrogens (primary N) is 1. The van der Waals surface area contributed by atoms with Gasteiger partial charge in [-0.25, -0.2) is 14.4 Å². The Morgan fingerprint density at radius 1 is 1.05 bits per heavy atom. The molecule has 1 aromatic carbocycles. The van der Waals surface area contributed by atoms with Crippen LogP contribution >= 0.6 is 0 Å². The number of carbonyl (C=O) groups excluding carboxylic acids is 1. The van der Waals surface area contributed by atoms with E-state index < -0.39 is 5.82 Å². The summed E-state index contributed by atoms with van der Waals surface area (Å²) in [5.41, 5.74) is 8.71. The molecule has 1 amide bonds. The minimum Gasteiger partial charge on any atom is -0.369 e. The zero-order valence-corrected chi connectivity index (χ0v) is 22.8. The molecule has 5 N–H and O–H groups in total. The van der Waals surface area contributed by atoms with Gasteiger partial charge in [-0.2, -0.15) is 0 Å². The first-order chi connectivity index (χ1) is 19.9. The summed E-state index contributed by atoms with van der Waals surface area (Å²) >= 11 is 0. The number of H-pyrrole nitrogens is 1. The van der Waals surface area contributed by atoms with Gasteiger partial charge in [0, 0.05) is 42.5 Å². The summed E-state index contributed by atoms with van der Waals surface area (Å²) < 4.78 is 15.4. The Morgan fingerprint density at radius 3 is 2.66 bits per heavy atom. The molecule has 1 atom stereocenters. The van der Waals surface area contributed by atoms with E-state index in [1.807, 2.05) is 12.1 Å². The maximum absolute atomic E-state index is 15.4. The van der Waals surface area contributed by atoms with Crippen LogP contribution in [0.4, 0.5) is 27.3 Å². The average molecular weight is 556 g/mol. The molecule has 0 bridgehead atoms. The number of hydrogen-bond acceptors (Lipinski definition) is 7. The van der Waals surface area contributed by atoms with Crippen molar-refractivity contribution >= 4 is 39.7 Å². The molecule has 10 heteroatoms. The highest BCUT2D eigenvalue weighted by atomic mass is 19.1. The summed E-state index contributed by atoms with van der Waals surface area (Å²) in [5.74, 6) is -0.0668. The number of benzene rings is 1. The van der Waals surface area contributed by atoms with Crippen molar-refractivity contribution in [3.05, 3.63) is 71.0 Å². The number of nitrogens with zero attached hydrogens (tertiary/aromatic N) is 3. The number of anilines is 4. The lowest BCUT2D eigenvalue weighted by molar-refractivity contribution is -0.120. The lowest BCUT2D eigenvalue weighted by Crippen LogP contribution is -2.42. The minimum absolute atomic E-state index is 0.0273. The van der Waals surface area contributed by atoms with E-state index in [1.165, 1.54) is 12.3 Å². The van der Waals surface area contributed by atoms with Gasteiger partial charge in [-0.15, -0.1) is 0 Å². The topological polar surface area (TPSA) is 129 Å². The molecule has 4 heterocycles. The van der Waals surface area contributed by atoms with Gasteiger partial charge in [-0.05, 0) is 68.1 Å². The molecule has 0 unspecified atom stereocenters. The number of halogens is 1. The quantitative estimate of drug-likeness (QED) is 0.254. The Bertz CT molecular complexity index is 1620. The summed E-state index contributed by atoms with van der Waals surface area (Å²) in [5, 5.41) is 6.45. The molecular weight excluding hydrogens is 521 g/mol. The zero-order chi connectivity index (χ0) is 28.3. The third kappa shape index (κ3) is 5.92. The largest absolute Gasteiger partial charge is 0.369 e. The highest BCUT2D eigenvalue weighted by Gasteiger charge is 2.22. The Morgan fingerprint density at radius 2 is 1.90 bits per heavy atom. The van der Waals surface area contributed by atoms with Gasteiger partial charge in [-0.1, -0.05) is 19.3 Å². The van der Waals surface area contributed by atoms with Gasteiger partial charge in [0.1, 0.15) is 11.6 Å². The van der Waals surface area contributed by atoms with Crippen molar-refractivity contribution in [1.82, 2.24) is 15.0 Å². The number of pyridine rings is 3. The minimum atomic E-state index is -0.517. The van der Waals surface area contributed by atoms with Gasteiger partial charge < -0.3 is 26.3 Å². The first-order valence-corrected chi connectivity index (χ1v) is 14.3. The summed E-state index contributed by atoms with van der Waals surface area (Å²) in [7, 11) is 0. The fourth-order valence-electron chi connectivity index (χ4n) is 5.87. The van der Waals surface area contributed by atoms with E-state index >= 15 is 4.39 Å². The standard InChI is InChI=1S/C31H34FN7O2/c32-24-15-21(36-30(40)19-5-2-1-3-6-19)8-10-23(24)26-16-27(29-25(37-26)12-13-34-31(29)41)38-28-11-9-22(17-35-28)39-14-4-7-20(33)18-39/h8-13,15-17,19-20H,1-7,14,18,33H2,(H,34,41)(H,36,40)(H,35,37,38)/t20-/m0/s1. The molecule has 1 saturated heterocycles. The molecule has 2 aliphatic rings. The maximum Gasteiger partial charge on any atom is 0.259 e. The van der Waals surface area contributed by atoms with Crippen LogP contribution in [0.25, 0.3) is 22.2 Å². The van der Waals surface area contributed by atoms with Crippen LogP contribution in [0.5, 0.6) is 0 Å². The number of carbonyl (C=O) groups is 1. The van der Waals surface area contributed by atoms with Crippen LogP contribution in [-0.2, 0) is 4.79 Å². The van der Waals surface area contributed by atoms with Gasteiger partial charge in [0.05, 0.1) is 34.2 Å². The second kappa shape index (κ2) is 11.7. The third-order valence-electron chi connectivity index (χ3n) is 8.05. The number of nitrogens with one attached hydrogen (secondary N) is 3. The smallest absolute Gasteiger partial charge is 0.259 e. The predicted octanol–water partition coefficient (Wildman–Crippen LogP) is 5.31. The van der Waals surface area contributed by atoms with Gasteiger partial charge in [0.25, 0.3) is 5.56 Å². The summed E-state index contributed by atoms with van der Waals surface area (Å²) in [4.78, 5) is 39.5. The first-order valence-electron chi connectivity index (χ1n) is 14.3. The predicted molar refractivity (Wildman–Crippen MR) is 160 cm³/mol. The Kier molecular flexibility index (Phi) is 7.65. The molecule has 41 heavy (non-hydrogen) atoms. The second-order valence-electron chi connectivity index (χ2n) is 11.0. The Balaban J connectivity index is 1.27. The fraction of sp³-hybridized carbons (Fsp3) is 0.355. The molecule has 1 saturated carbocycles. The molecule has 0 radical (unpaired) electrons. The fourth-order valence-corrected chi connectivity index (χ4v) is 5.87. The maximum atomic E-state index is 15.4. The lowest BCUT2D eigenvalue weighted by atomic mass is 9.88. The van der Waals surface area contributed by atoms with Crippen LogP contribution in [0, 0.1) is 11.7 Å². The summed E-state index contributed by atoms with van der Waals surface area (Å²) in [6.07, 6.45) is 10.4. The van der Waals surface area contributed by atoms with Gasteiger partial charge >= 0.3 is 0 Å². The highest BCUT2D eigenvalue weighted by Crippen LogP contribution is 2.32. The van der Waals surface area contributed by atoms with Crippen molar-refractivity contribution < 1.29 is 9.18 Å². The van der Waals surface area contributed by atoms with Crippen molar-refractivity contribution in [3.8, 4) is 11.3 Å². The van der Waals surface area contributed by atoms with Crippen LogP contribution in [0.2, 0.25) is 0 Å². The van der Waals surface area contributed by atoms with Crippen molar-refractivity contribution in [2.45, 2.75) is 51.0 Å². The normalized spacial score (nSPS) is 17.9. The Labute approximate surface area is 237 Å². The zero-order valence-electron chi connectivity index (χ0n) is 22.8. The van der Waals surface area contributed by atoms with Crippen molar-refractivity contribution in [2.24, 2.45) is 11.7 Å². The lowest BCUT2D eigenvalue weighted by Gasteiger charge is -2.32. The molecule has 2 fully saturated rings. The van der Waals surface area contributed by atoms with Crippen molar-refractivity contribution in [1.29, 1.82) is 0 Å². The molecule has 3 aromatic heterocycles. The van der Waals surface area contributed by atoms with E-state index in [0.717, 1.165) is 63.7 Å². The van der Waals surface area contributed by atoms with E-state index in [1.54, 1.807) is 30.5 Å². The van der Waals surface area contributed by atoms with Crippen molar-refractivity contribution in [2.75, 3.05) is 28.6 Å². The highest BCUT2D eigenvalue weighted by molar-refractivity contribution is 5.95. The van der Waals surface area contributed by atoms with Gasteiger partial charge in [-0.3, -0.25) is 9.59 Å². The number of aromatic nitrogens is 3. The summed E-state index contributed by atoms with van der Waals surface area (Å²) in [6.45, 7) is 1.72. The monoisotopic (exact) mass is 555 g/mol. The molecular formula is C31H34FN7O2. The molecule has 1 aliphatic carbocycles. The van der Waals surface area contributed by atoms with Crippen LogP contribution in [0.1, 0.15) is 44.9 Å². The third-order valence-corrected chi connectivity index (χ3v) is 8.05. The summed E-state index contributed by atoms with van der Waals surface area (Å²) in [6, 6.07) is 11.9. The van der Waals surface area contributed by atoms with Crippen LogP contribution in [0.15, 0.2) is 59.7 Å². The molecule has 4 aromatic rings. The van der Waals surface area contributed by atoms with Crippen LogP contribution < -0.4 is 26.8 Å². The van der Waals surface area contributed by atoms with Gasteiger partial charge in [0.15, 0.2) is 0 Å². The number of piperidine rings is 1. The average Bonchev–Trinajstić information content (AvgIpc) is 2.98. The first kappa shape index (κ1) is 26.9. The van der Waals surface area contributed by atoms with E-state index in [4.69, 9.17) is 5.73 Å². The molecule has 9 nitrogen and oxygen atoms in total. The van der Waals surface area contributed by atoms with Gasteiger partial charge in [0.2, 0.25) is 5.91 Å². The molecule has 0 spiro atoms. The SMILES string of the molecule is N[C@H]1CCCN(c2ccc(Nc3cc(-c4ccc(NC(=O)C5CCCCC5)cc4F)nc4cc[nH]c(=O)c34)nc2)C1. The number of amides is 1. The number of aromatic amines is 1. The van der Waals surface area contributed by atoms with E-state index in [-0.39, 0.29) is 29.0 Å². The van der Waals surface area contributed by atoms with Crippen LogP contribution in [-0.4, -0.2) is 40.0 Å². The van der Waals surface area contributed by atoms with Crippen LogP contribution in [0.3, 0.4) is 0 Å². The van der Waals surface area contributed by atoms with E-state index in [2.05, 4.69) is 30.5 Å². The number of hydrogen-bond donors (Lipinski definition) is 4.